The summed E-state index contributed by atoms with van der Waals surface area (Å²) >= 11 is 0.806. The molecule has 1 amide bonds. The van der Waals surface area contributed by atoms with Crippen molar-refractivity contribution in [1.82, 2.24) is 2.89 Å². The van der Waals surface area contributed by atoms with Crippen molar-refractivity contribution in [2.75, 3.05) is 6.54 Å². The first-order valence-corrected chi connectivity index (χ1v) is 6.44. The first kappa shape index (κ1) is 18.5. The number of rotatable bonds is 4. The van der Waals surface area contributed by atoms with Crippen molar-refractivity contribution in [3.8, 4) is 0 Å². The van der Waals surface area contributed by atoms with Crippen LogP contribution in [0.15, 0.2) is 30.3 Å². The van der Waals surface area contributed by atoms with E-state index in [-0.39, 0.29) is 30.7 Å². The quantitative estimate of drug-likeness (QED) is 0.457. The maximum atomic E-state index is 11.8. The molecule has 1 aromatic rings. The molecule has 0 aromatic heterocycles. The first-order chi connectivity index (χ1) is 6.75. The van der Waals surface area contributed by atoms with Crippen molar-refractivity contribution < 1.29 is 54.3 Å². The molecule has 0 N–H and O–H groups in total. The molecule has 0 radical (unpaired) electrons. The van der Waals surface area contributed by atoms with Crippen molar-refractivity contribution >= 4 is 5.91 Å². The number of unbranched alkanes of at least 4 members (excludes halogenated alkanes) is 1. The smallest absolute Gasteiger partial charge is 1.00 e. The average Bonchev–Trinajstić information content (AvgIpc) is 2.26. The molecule has 1 rings (SSSR count). The van der Waals surface area contributed by atoms with Crippen LogP contribution in [0.1, 0.15) is 30.1 Å². The summed E-state index contributed by atoms with van der Waals surface area (Å²) in [4.78, 5) is 11.8. The predicted molar refractivity (Wildman–Crippen MR) is 52.4 cm³/mol. The number of benzene rings is 1. The van der Waals surface area contributed by atoms with Gasteiger partial charge in [-0.25, -0.2) is 0 Å². The van der Waals surface area contributed by atoms with Crippen molar-refractivity contribution in [3.63, 3.8) is 0 Å². The van der Waals surface area contributed by atoms with Gasteiger partial charge in [0, 0.05) is 0 Å². The van der Waals surface area contributed by atoms with E-state index in [0.29, 0.717) is 0 Å². The van der Waals surface area contributed by atoms with E-state index >= 15 is 0 Å². The van der Waals surface area contributed by atoms with Crippen LogP contribution in [0.2, 0.25) is 0 Å². The fourth-order valence-electron chi connectivity index (χ4n) is 1.15. The van der Waals surface area contributed by atoms with E-state index in [2.05, 4.69) is 6.92 Å². The van der Waals surface area contributed by atoms with Crippen LogP contribution >= 0.6 is 0 Å². The van der Waals surface area contributed by atoms with E-state index in [1.165, 1.54) is 0 Å². The Morgan fingerprint density at radius 1 is 1.25 bits per heavy atom. The Bertz CT molecular complexity index is 295. The van der Waals surface area contributed by atoms with Gasteiger partial charge in [-0.3, -0.25) is 0 Å². The summed E-state index contributed by atoms with van der Waals surface area (Å²) < 4.78 is 1.92. The molecule has 0 fully saturated rings. The van der Waals surface area contributed by atoms with Crippen LogP contribution in [0.5, 0.6) is 0 Å². The molecule has 87 valence electrons. The standard InChI is InChI=1S/C11H15NO.2ClH.Hf/c1-2-3-9-12-11(13)10-7-5-4-6-8-10;;;/h4-8H,2-3,9H2,1H3,(H,12,13);2*1H;/q;;;+3/p-3. The normalized spacial score (nSPS) is 8.69. The molecule has 0 heterocycles. The molecule has 0 spiro atoms. The fourth-order valence-corrected chi connectivity index (χ4v) is 2.19. The maximum absolute atomic E-state index is 11.8. The zero-order valence-electron chi connectivity index (χ0n) is 9.12. The van der Waals surface area contributed by atoms with Crippen molar-refractivity contribution in [2.24, 2.45) is 0 Å². The van der Waals surface area contributed by atoms with Gasteiger partial charge in [0.15, 0.2) is 0 Å². The van der Waals surface area contributed by atoms with Gasteiger partial charge in [-0.05, 0) is 0 Å². The van der Waals surface area contributed by atoms with Crippen LogP contribution in [0, 0.1) is 0 Å². The molecular weight excluding hydrogens is 412 g/mol. The summed E-state index contributed by atoms with van der Waals surface area (Å²) in [6.07, 6.45) is 2.24. The summed E-state index contributed by atoms with van der Waals surface area (Å²) in [6, 6.07) is 9.49. The number of hydrogen-bond acceptors (Lipinski definition) is 1. The van der Waals surface area contributed by atoms with Gasteiger partial charge >= 0.3 is 100 Å². The summed E-state index contributed by atoms with van der Waals surface area (Å²) in [5.41, 5.74) is 0.804. The number of nitrogens with zero attached hydrogens (tertiary/aromatic N) is 1. The van der Waals surface area contributed by atoms with Crippen LogP contribution in [0.4, 0.5) is 0 Å². The summed E-state index contributed by atoms with van der Waals surface area (Å²) in [5, 5.41) is 0. The molecule has 0 atom stereocenters. The third-order valence-electron chi connectivity index (χ3n) is 2.00. The number of hydrogen-bond donors (Lipinski definition) is 0. The predicted octanol–water partition coefficient (Wildman–Crippen LogP) is -3.60. The monoisotopic (exact) mass is 426 g/mol. The van der Waals surface area contributed by atoms with Gasteiger partial charge in [-0.15, -0.1) is 0 Å². The molecular formula is C11H14Cl2HfNO. The van der Waals surface area contributed by atoms with Crippen LogP contribution < -0.4 is 24.8 Å². The van der Waals surface area contributed by atoms with E-state index < -0.39 is 0 Å². The Kier molecular flexibility index (Phi) is 11.9. The first-order valence-electron chi connectivity index (χ1n) is 4.84. The Morgan fingerprint density at radius 3 is 2.31 bits per heavy atom. The second kappa shape index (κ2) is 10.3. The number of halogens is 2. The largest absolute Gasteiger partial charge is 1.00 e. The molecule has 1 aromatic carbocycles. The van der Waals surface area contributed by atoms with Crippen molar-refractivity contribution in [3.05, 3.63) is 35.9 Å². The minimum atomic E-state index is 0. The van der Waals surface area contributed by atoms with Crippen LogP contribution in [-0.2, 0) is 24.7 Å². The van der Waals surface area contributed by atoms with E-state index in [1.807, 2.05) is 33.2 Å². The molecule has 0 bridgehead atoms. The van der Waals surface area contributed by atoms with E-state index in [1.54, 1.807) is 0 Å². The van der Waals surface area contributed by atoms with Gasteiger partial charge in [0.25, 0.3) is 0 Å². The summed E-state index contributed by atoms with van der Waals surface area (Å²) in [6.45, 7) is 3.04. The average molecular weight is 426 g/mol. The second-order valence-electron chi connectivity index (χ2n) is 3.18. The van der Waals surface area contributed by atoms with Crippen LogP contribution in [-0.4, -0.2) is 15.3 Å². The zero-order valence-corrected chi connectivity index (χ0v) is 14.2. The van der Waals surface area contributed by atoms with Gasteiger partial charge in [-0.1, -0.05) is 0 Å². The topological polar surface area (TPSA) is 20.3 Å². The maximum Gasteiger partial charge on any atom is -1.00 e. The minimum Gasteiger partial charge on any atom is -1.00 e. The third-order valence-corrected chi connectivity index (χ3v) is 3.53. The summed E-state index contributed by atoms with van der Waals surface area (Å²) in [7, 11) is 0. The van der Waals surface area contributed by atoms with Gasteiger partial charge in [-0.2, -0.15) is 0 Å². The molecule has 5 heteroatoms. The van der Waals surface area contributed by atoms with Gasteiger partial charge in [0.2, 0.25) is 0 Å². The second-order valence-corrected chi connectivity index (χ2v) is 5.12. The van der Waals surface area contributed by atoms with Crippen molar-refractivity contribution in [2.45, 2.75) is 19.8 Å². The molecule has 0 unspecified atom stereocenters. The molecule has 16 heavy (non-hydrogen) atoms. The van der Waals surface area contributed by atoms with E-state index in [0.717, 1.165) is 49.6 Å². The van der Waals surface area contributed by atoms with Gasteiger partial charge in [0.05, 0.1) is 0 Å². The van der Waals surface area contributed by atoms with Gasteiger partial charge < -0.3 is 24.8 Å². The van der Waals surface area contributed by atoms with Crippen LogP contribution in [0.25, 0.3) is 0 Å². The minimum absolute atomic E-state index is 0. The molecule has 0 saturated carbocycles. The number of carbonyl (C=O) groups excluding carboxylic acids is 1. The Hall–Kier alpha value is 0.140. The Morgan fingerprint density at radius 2 is 1.81 bits per heavy atom. The molecule has 0 saturated heterocycles. The Labute approximate surface area is 125 Å². The molecule has 0 aliphatic carbocycles. The van der Waals surface area contributed by atoms with Crippen LogP contribution in [0.3, 0.4) is 0 Å². The van der Waals surface area contributed by atoms with Gasteiger partial charge in [0.1, 0.15) is 0 Å². The third kappa shape index (κ3) is 6.02. The summed E-state index contributed by atoms with van der Waals surface area (Å²) in [5.74, 6) is 0.172. The molecule has 0 aliphatic rings. The zero-order chi connectivity index (χ0) is 10.4. The van der Waals surface area contributed by atoms with Crippen molar-refractivity contribution in [1.29, 1.82) is 0 Å². The number of amides is 1. The Balaban J connectivity index is 0. The number of carbonyl (C=O) groups is 1. The molecule has 0 aliphatic heterocycles. The van der Waals surface area contributed by atoms with E-state index in [4.69, 9.17) is 0 Å². The SMILES string of the molecule is CCCC[N]([Hf+2])C(=O)c1ccccc1.[Cl-].[Cl-]. The fraction of sp³-hybridized carbons (Fsp3) is 0.364. The molecule has 2 nitrogen and oxygen atoms in total. The van der Waals surface area contributed by atoms with E-state index in [9.17, 15) is 4.79 Å².